The highest BCUT2D eigenvalue weighted by Gasteiger charge is 2.48. The molecule has 0 radical (unpaired) electrons. The molecular weight excluding hydrogens is 533 g/mol. The second-order valence-corrected chi connectivity index (χ2v) is 12.8. The summed E-state index contributed by atoms with van der Waals surface area (Å²) in [4.78, 5) is 26.5. The normalized spacial score (nSPS) is 18.1. The first-order chi connectivity index (χ1) is 18.9. The Morgan fingerprint density at radius 3 is 2.35 bits per heavy atom. The number of hydrogen-bond acceptors (Lipinski definition) is 5. The quantitative estimate of drug-likeness (QED) is 0.338. The van der Waals surface area contributed by atoms with Crippen LogP contribution in [-0.4, -0.2) is 66.1 Å². The second-order valence-electron chi connectivity index (χ2n) is 11.0. The van der Waals surface area contributed by atoms with E-state index in [1.807, 2.05) is 37.3 Å². The minimum Gasteiger partial charge on any atom is -0.350 e. The number of hydrogen-bond donors (Lipinski definition) is 3. The van der Waals surface area contributed by atoms with Crippen molar-refractivity contribution in [1.82, 2.24) is 13.9 Å². The van der Waals surface area contributed by atoms with Crippen LogP contribution in [-0.2, 0) is 26.2 Å². The molecule has 1 fully saturated rings. The summed E-state index contributed by atoms with van der Waals surface area (Å²) in [6, 6.07) is 13.9. The molecule has 0 bridgehead atoms. The van der Waals surface area contributed by atoms with E-state index in [1.54, 1.807) is 20.8 Å². The topological polar surface area (TPSA) is 125 Å². The van der Waals surface area contributed by atoms with Crippen LogP contribution in [0, 0.1) is 11.7 Å². The monoisotopic (exact) mass is 575 g/mol. The predicted octanol–water partition coefficient (Wildman–Crippen LogP) is 3.29. The maximum Gasteiger partial charge on any atom is 0.283 e. The first kappa shape index (κ1) is 31.7. The van der Waals surface area contributed by atoms with E-state index in [4.69, 9.17) is 5.73 Å². The van der Waals surface area contributed by atoms with Gasteiger partial charge in [-0.1, -0.05) is 50.6 Å². The van der Waals surface area contributed by atoms with Crippen LogP contribution in [0.4, 0.5) is 10.1 Å². The molecule has 1 saturated heterocycles. The second kappa shape index (κ2) is 13.7. The minimum absolute atomic E-state index is 0.225. The van der Waals surface area contributed by atoms with Crippen molar-refractivity contribution in [2.24, 2.45) is 11.7 Å². The Balaban J connectivity index is 1.74. The van der Waals surface area contributed by atoms with E-state index in [1.165, 1.54) is 32.9 Å². The summed E-state index contributed by atoms with van der Waals surface area (Å²) in [6.45, 7) is 7.94. The summed E-state index contributed by atoms with van der Waals surface area (Å²) in [5.74, 6) is -1.63. The molecule has 2 amide bonds. The van der Waals surface area contributed by atoms with Gasteiger partial charge in [0.05, 0.1) is 0 Å². The van der Waals surface area contributed by atoms with Crippen molar-refractivity contribution >= 4 is 27.7 Å². The molecule has 0 spiro atoms. The molecule has 1 heterocycles. The zero-order valence-electron chi connectivity index (χ0n) is 23.8. The van der Waals surface area contributed by atoms with Crippen LogP contribution >= 0.6 is 0 Å². The van der Waals surface area contributed by atoms with Gasteiger partial charge in [0.15, 0.2) is 0 Å². The minimum atomic E-state index is -3.78. The Bertz CT molecular complexity index is 1240. The third-order valence-corrected chi connectivity index (χ3v) is 9.63. The number of unbranched alkanes of at least 4 members (excludes halogenated alkanes) is 1. The van der Waals surface area contributed by atoms with Gasteiger partial charge in [-0.25, -0.2) is 4.39 Å². The molecule has 0 saturated carbocycles. The van der Waals surface area contributed by atoms with Crippen molar-refractivity contribution in [2.45, 2.75) is 71.0 Å². The van der Waals surface area contributed by atoms with Gasteiger partial charge >= 0.3 is 0 Å². The van der Waals surface area contributed by atoms with Gasteiger partial charge in [-0.15, -0.1) is 0 Å². The first-order valence-corrected chi connectivity index (χ1v) is 15.2. The number of nitrogens with one attached hydrogen (secondary N) is 2. The highest BCUT2D eigenvalue weighted by atomic mass is 32.2. The average Bonchev–Trinajstić information content (AvgIpc) is 3.22. The molecule has 2 aromatic carbocycles. The Morgan fingerprint density at radius 1 is 1.07 bits per heavy atom. The van der Waals surface area contributed by atoms with Gasteiger partial charge in [0.25, 0.3) is 10.2 Å². The highest BCUT2D eigenvalue weighted by Crippen LogP contribution is 2.27. The van der Waals surface area contributed by atoms with Crippen LogP contribution < -0.4 is 16.4 Å². The lowest BCUT2D eigenvalue weighted by atomic mass is 9.91. The lowest BCUT2D eigenvalue weighted by Crippen LogP contribution is -2.60. The largest absolute Gasteiger partial charge is 0.350 e. The molecule has 11 heteroatoms. The van der Waals surface area contributed by atoms with Crippen LogP contribution in [0.1, 0.15) is 52.5 Å². The van der Waals surface area contributed by atoms with Crippen molar-refractivity contribution in [3.63, 3.8) is 0 Å². The van der Waals surface area contributed by atoms with Crippen molar-refractivity contribution < 1.29 is 22.4 Å². The number of amides is 2. The molecule has 1 aliphatic heterocycles. The van der Waals surface area contributed by atoms with Crippen molar-refractivity contribution in [2.75, 3.05) is 25.0 Å². The Hall–Kier alpha value is -2.86. The number of carbonyl (C=O) groups is 2. The molecule has 0 aliphatic carbocycles. The standard InChI is InChI=1S/C29H42FN5O4S/c1-5-6-16-34-17-18-35(40(34,38)39)29(3,4)28(37)33-26(20-22-10-8-7-9-11-22)25(31)19-21(2)27(36)32-24-14-12-23(30)13-15-24/h7-15,21,25-26H,5-6,16-20,31H2,1-4H3,(H,32,36)(H,33,37)/t21-,25+,26+/m1/s1. The van der Waals surface area contributed by atoms with Crippen LogP contribution in [0.3, 0.4) is 0 Å². The van der Waals surface area contributed by atoms with Gasteiger partial charge in [-0.2, -0.15) is 17.0 Å². The summed E-state index contributed by atoms with van der Waals surface area (Å²) >= 11 is 0. The summed E-state index contributed by atoms with van der Waals surface area (Å²) in [7, 11) is -3.78. The fraction of sp³-hybridized carbons (Fsp3) is 0.517. The summed E-state index contributed by atoms with van der Waals surface area (Å²) in [6.07, 6.45) is 2.29. The molecule has 0 unspecified atom stereocenters. The molecule has 4 N–H and O–H groups in total. The molecule has 3 rings (SSSR count). The van der Waals surface area contributed by atoms with Gasteiger partial charge in [0, 0.05) is 43.3 Å². The Kier molecular flexibility index (Phi) is 10.8. The first-order valence-electron chi connectivity index (χ1n) is 13.8. The van der Waals surface area contributed by atoms with Crippen molar-refractivity contribution in [3.05, 3.63) is 66.0 Å². The van der Waals surface area contributed by atoms with Crippen LogP contribution in [0.2, 0.25) is 0 Å². The fourth-order valence-electron chi connectivity index (χ4n) is 4.82. The number of carbonyl (C=O) groups excluding carboxylic acids is 2. The third kappa shape index (κ3) is 7.87. The predicted molar refractivity (Wildman–Crippen MR) is 155 cm³/mol. The lowest BCUT2D eigenvalue weighted by Gasteiger charge is -2.36. The summed E-state index contributed by atoms with van der Waals surface area (Å²) in [5, 5.41) is 5.78. The van der Waals surface area contributed by atoms with E-state index in [-0.39, 0.29) is 18.9 Å². The molecule has 3 atom stereocenters. The molecule has 9 nitrogen and oxygen atoms in total. The lowest BCUT2D eigenvalue weighted by molar-refractivity contribution is -0.129. The SMILES string of the molecule is CCCCN1CCN(C(C)(C)C(=O)N[C@@H](Cc2ccccc2)[C@@H](N)C[C@@H](C)C(=O)Nc2ccc(F)cc2)S1(=O)=O. The smallest absolute Gasteiger partial charge is 0.283 e. The average molecular weight is 576 g/mol. The van der Waals surface area contributed by atoms with Gasteiger partial charge in [0.2, 0.25) is 11.8 Å². The zero-order chi connectivity index (χ0) is 29.5. The number of anilines is 1. The third-order valence-electron chi connectivity index (χ3n) is 7.41. The van der Waals surface area contributed by atoms with E-state index in [0.717, 1.165) is 18.4 Å². The van der Waals surface area contributed by atoms with Gasteiger partial charge in [0.1, 0.15) is 11.4 Å². The van der Waals surface area contributed by atoms with Crippen LogP contribution in [0.5, 0.6) is 0 Å². The maximum absolute atomic E-state index is 13.7. The summed E-state index contributed by atoms with van der Waals surface area (Å²) < 4.78 is 42.4. The Morgan fingerprint density at radius 2 is 1.73 bits per heavy atom. The molecule has 220 valence electrons. The number of nitrogens with two attached hydrogens (primary N) is 1. The fourth-order valence-corrected chi connectivity index (χ4v) is 6.74. The summed E-state index contributed by atoms with van der Waals surface area (Å²) in [5.41, 5.74) is 6.68. The van der Waals surface area contributed by atoms with Gasteiger partial charge < -0.3 is 16.4 Å². The molecule has 1 aliphatic rings. The van der Waals surface area contributed by atoms with Crippen LogP contribution in [0.15, 0.2) is 54.6 Å². The van der Waals surface area contributed by atoms with E-state index in [9.17, 15) is 22.4 Å². The van der Waals surface area contributed by atoms with Crippen LogP contribution in [0.25, 0.3) is 0 Å². The van der Waals surface area contributed by atoms with E-state index in [0.29, 0.717) is 25.2 Å². The number of nitrogens with zero attached hydrogens (tertiary/aromatic N) is 2. The van der Waals surface area contributed by atoms with Gasteiger partial charge in [-0.3, -0.25) is 9.59 Å². The van der Waals surface area contributed by atoms with Crippen molar-refractivity contribution in [3.8, 4) is 0 Å². The van der Waals surface area contributed by atoms with E-state index in [2.05, 4.69) is 10.6 Å². The van der Waals surface area contributed by atoms with E-state index < -0.39 is 45.5 Å². The number of rotatable bonds is 13. The molecular formula is C29H42FN5O4S. The molecule has 2 aromatic rings. The Labute approximate surface area is 237 Å². The van der Waals surface area contributed by atoms with Crippen molar-refractivity contribution in [1.29, 1.82) is 0 Å². The van der Waals surface area contributed by atoms with Gasteiger partial charge in [-0.05, 0) is 62.9 Å². The molecule has 40 heavy (non-hydrogen) atoms. The zero-order valence-corrected chi connectivity index (χ0v) is 24.6. The highest BCUT2D eigenvalue weighted by molar-refractivity contribution is 7.87. The number of benzene rings is 2. The van der Waals surface area contributed by atoms with E-state index >= 15 is 0 Å². The number of halogens is 1. The maximum atomic E-state index is 13.7. The molecule has 0 aromatic heterocycles.